The van der Waals surface area contributed by atoms with E-state index in [1.165, 1.54) is 6.20 Å². The van der Waals surface area contributed by atoms with E-state index < -0.39 is 11.9 Å². The lowest BCUT2D eigenvalue weighted by Crippen LogP contribution is -2.26. The minimum absolute atomic E-state index is 0.0760. The van der Waals surface area contributed by atoms with Crippen molar-refractivity contribution >= 4 is 23.2 Å². The van der Waals surface area contributed by atoms with E-state index in [0.717, 1.165) is 19.4 Å². The van der Waals surface area contributed by atoms with Gasteiger partial charge in [-0.3, -0.25) is 4.90 Å². The Morgan fingerprint density at radius 3 is 2.62 bits per heavy atom. The van der Waals surface area contributed by atoms with Crippen molar-refractivity contribution in [2.45, 2.75) is 39.4 Å². The average molecular weight is 387 g/mol. The zero-order valence-electron chi connectivity index (χ0n) is 14.8. The topological polar surface area (TPSA) is 41.1 Å². The Morgan fingerprint density at radius 2 is 2.00 bits per heavy atom. The van der Waals surface area contributed by atoms with Crippen molar-refractivity contribution in [2.24, 2.45) is 0 Å². The van der Waals surface area contributed by atoms with Gasteiger partial charge in [-0.05, 0) is 37.7 Å². The first-order chi connectivity index (χ1) is 12.3. The molecule has 0 unspecified atom stereocenters. The molecule has 8 heteroatoms. The van der Waals surface area contributed by atoms with Crippen molar-refractivity contribution < 1.29 is 13.2 Å². The van der Waals surface area contributed by atoms with E-state index in [0.29, 0.717) is 17.3 Å². The van der Waals surface area contributed by atoms with Crippen molar-refractivity contribution in [1.82, 2.24) is 14.9 Å². The molecule has 26 heavy (non-hydrogen) atoms. The maximum absolute atomic E-state index is 13.5. The molecule has 142 valence electrons. The highest BCUT2D eigenvalue weighted by molar-refractivity contribution is 6.30. The molecule has 1 aromatic carbocycles. The minimum atomic E-state index is -4.55. The molecular formula is C18H22ClF3N4. The van der Waals surface area contributed by atoms with Gasteiger partial charge >= 0.3 is 6.18 Å². The summed E-state index contributed by atoms with van der Waals surface area (Å²) >= 11 is 5.89. The molecule has 1 aromatic heterocycles. The number of hydrogen-bond donors (Lipinski definition) is 1. The summed E-state index contributed by atoms with van der Waals surface area (Å²) in [7, 11) is 0. The Balaban J connectivity index is 2.26. The van der Waals surface area contributed by atoms with Gasteiger partial charge in [0.25, 0.3) is 0 Å². The van der Waals surface area contributed by atoms with Crippen LogP contribution < -0.4 is 5.32 Å². The van der Waals surface area contributed by atoms with E-state index >= 15 is 0 Å². The lowest BCUT2D eigenvalue weighted by Gasteiger charge is -2.22. The smallest absolute Gasteiger partial charge is 0.324 e. The molecule has 0 spiro atoms. The third-order valence-electron chi connectivity index (χ3n) is 3.88. The predicted octanol–water partition coefficient (Wildman–Crippen LogP) is 5.51. The molecule has 0 bridgehead atoms. The van der Waals surface area contributed by atoms with Gasteiger partial charge in [-0.25, -0.2) is 9.97 Å². The van der Waals surface area contributed by atoms with Gasteiger partial charge in [-0.1, -0.05) is 37.9 Å². The number of aromatic nitrogens is 2. The summed E-state index contributed by atoms with van der Waals surface area (Å²) in [5.74, 6) is -0.111. The summed E-state index contributed by atoms with van der Waals surface area (Å²) in [6.45, 7) is 5.56. The molecule has 1 N–H and O–H groups in total. The summed E-state index contributed by atoms with van der Waals surface area (Å²) in [4.78, 5) is 9.73. The molecule has 0 aliphatic rings. The second kappa shape index (κ2) is 9.19. The quantitative estimate of drug-likeness (QED) is 0.649. The molecule has 2 aromatic rings. The number of nitrogens with zero attached hydrogens (tertiary/aromatic N) is 3. The van der Waals surface area contributed by atoms with Gasteiger partial charge in [0.05, 0.1) is 0 Å². The molecular weight excluding hydrogens is 365 g/mol. The highest BCUT2D eigenvalue weighted by Gasteiger charge is 2.36. The molecule has 1 heterocycles. The first-order valence-corrected chi connectivity index (χ1v) is 8.89. The van der Waals surface area contributed by atoms with E-state index in [9.17, 15) is 13.2 Å². The van der Waals surface area contributed by atoms with Crippen LogP contribution in [0.4, 0.5) is 24.8 Å². The Labute approximate surface area is 156 Å². The largest absolute Gasteiger partial charge is 0.433 e. The van der Waals surface area contributed by atoms with Gasteiger partial charge < -0.3 is 5.32 Å². The van der Waals surface area contributed by atoms with Crippen LogP contribution in [-0.2, 0) is 12.7 Å². The number of anilines is 2. The zero-order valence-corrected chi connectivity index (χ0v) is 15.5. The fourth-order valence-corrected chi connectivity index (χ4v) is 2.69. The molecule has 0 saturated heterocycles. The molecule has 0 atom stereocenters. The number of hydrogen-bond acceptors (Lipinski definition) is 4. The average Bonchev–Trinajstić information content (AvgIpc) is 2.58. The van der Waals surface area contributed by atoms with Crippen LogP contribution in [0.1, 0.15) is 37.9 Å². The number of unbranched alkanes of at least 4 members (excludes halogenated alkanes) is 1. The maximum Gasteiger partial charge on any atom is 0.433 e. The molecule has 0 aliphatic carbocycles. The first-order valence-electron chi connectivity index (χ1n) is 8.51. The van der Waals surface area contributed by atoms with E-state index in [-0.39, 0.29) is 18.1 Å². The van der Waals surface area contributed by atoms with E-state index in [1.807, 2.05) is 18.7 Å². The van der Waals surface area contributed by atoms with Crippen LogP contribution in [0.25, 0.3) is 0 Å². The Kier molecular flexibility index (Phi) is 7.23. The van der Waals surface area contributed by atoms with Gasteiger partial charge in [0, 0.05) is 29.0 Å². The van der Waals surface area contributed by atoms with Crippen LogP contribution in [0.2, 0.25) is 5.02 Å². The summed E-state index contributed by atoms with van der Waals surface area (Å²) in [5, 5.41) is 3.24. The predicted molar refractivity (Wildman–Crippen MR) is 97.6 cm³/mol. The SMILES string of the molecule is CCCCN(CC)Cc1cnc(Nc2cccc(Cl)c2)nc1C(F)(F)F. The molecule has 2 rings (SSSR count). The van der Waals surface area contributed by atoms with Crippen molar-refractivity contribution in [2.75, 3.05) is 18.4 Å². The monoisotopic (exact) mass is 386 g/mol. The minimum Gasteiger partial charge on any atom is -0.324 e. The zero-order chi connectivity index (χ0) is 19.2. The third-order valence-corrected chi connectivity index (χ3v) is 4.12. The van der Waals surface area contributed by atoms with Gasteiger partial charge in [0.1, 0.15) is 0 Å². The lowest BCUT2D eigenvalue weighted by atomic mass is 10.2. The lowest BCUT2D eigenvalue weighted by molar-refractivity contribution is -0.142. The molecule has 0 saturated carbocycles. The Hall–Kier alpha value is -1.86. The maximum atomic E-state index is 13.5. The molecule has 0 amide bonds. The fourth-order valence-electron chi connectivity index (χ4n) is 2.50. The number of benzene rings is 1. The molecule has 0 fully saturated rings. The Bertz CT molecular complexity index is 722. The van der Waals surface area contributed by atoms with Crippen LogP contribution in [-0.4, -0.2) is 28.0 Å². The van der Waals surface area contributed by atoms with Crippen molar-refractivity contribution in [3.63, 3.8) is 0 Å². The molecule has 0 radical (unpaired) electrons. The number of rotatable bonds is 8. The van der Waals surface area contributed by atoms with Gasteiger partial charge in [0.15, 0.2) is 5.69 Å². The normalized spacial score (nSPS) is 11.8. The van der Waals surface area contributed by atoms with Crippen LogP contribution in [0.5, 0.6) is 0 Å². The number of alkyl halides is 3. The summed E-state index contributed by atoms with van der Waals surface area (Å²) in [6, 6.07) is 6.64. The number of halogens is 4. The van der Waals surface area contributed by atoms with Crippen LogP contribution in [0.3, 0.4) is 0 Å². The summed E-state index contributed by atoms with van der Waals surface area (Å²) in [6.07, 6.45) is -1.38. The molecule has 4 nitrogen and oxygen atoms in total. The van der Waals surface area contributed by atoms with Crippen LogP contribution in [0, 0.1) is 0 Å². The Morgan fingerprint density at radius 1 is 1.23 bits per heavy atom. The van der Waals surface area contributed by atoms with E-state index in [2.05, 4.69) is 15.3 Å². The van der Waals surface area contributed by atoms with E-state index in [4.69, 9.17) is 11.6 Å². The highest BCUT2D eigenvalue weighted by Crippen LogP contribution is 2.32. The first kappa shape index (κ1) is 20.5. The number of nitrogens with one attached hydrogen (secondary N) is 1. The third kappa shape index (κ3) is 5.85. The van der Waals surface area contributed by atoms with Crippen LogP contribution >= 0.6 is 11.6 Å². The second-order valence-corrected chi connectivity index (χ2v) is 6.36. The van der Waals surface area contributed by atoms with Crippen LogP contribution in [0.15, 0.2) is 30.5 Å². The molecule has 0 aliphatic heterocycles. The summed E-state index contributed by atoms with van der Waals surface area (Å²) in [5.41, 5.74) is -0.310. The van der Waals surface area contributed by atoms with Crippen molar-refractivity contribution in [1.29, 1.82) is 0 Å². The highest BCUT2D eigenvalue weighted by atomic mass is 35.5. The standard InChI is InChI=1S/C18H22ClF3N4/c1-3-5-9-26(4-2)12-13-11-23-17(25-16(13)18(20,21)22)24-15-8-6-7-14(19)10-15/h6-8,10-11H,3-5,9,12H2,1-2H3,(H,23,24,25). The second-order valence-electron chi connectivity index (χ2n) is 5.92. The fraction of sp³-hybridized carbons (Fsp3) is 0.444. The van der Waals surface area contributed by atoms with Gasteiger partial charge in [-0.2, -0.15) is 13.2 Å². The summed E-state index contributed by atoms with van der Waals surface area (Å²) < 4.78 is 40.4. The van der Waals surface area contributed by atoms with Crippen molar-refractivity contribution in [3.05, 3.63) is 46.7 Å². The van der Waals surface area contributed by atoms with Gasteiger partial charge in [-0.15, -0.1) is 0 Å². The van der Waals surface area contributed by atoms with E-state index in [1.54, 1.807) is 24.3 Å². The van der Waals surface area contributed by atoms with Crippen molar-refractivity contribution in [3.8, 4) is 0 Å². The van der Waals surface area contributed by atoms with Gasteiger partial charge in [0.2, 0.25) is 5.95 Å².